The summed E-state index contributed by atoms with van der Waals surface area (Å²) in [6.07, 6.45) is 10.3. The first-order valence-electron chi connectivity index (χ1n) is 11.7. The van der Waals surface area contributed by atoms with Crippen LogP contribution in [0.1, 0.15) is 36.8 Å². The molecular formula is C27H38N2O2. The fourth-order valence-electron chi connectivity index (χ4n) is 4.43. The molecule has 3 N–H and O–H groups in total. The van der Waals surface area contributed by atoms with E-state index in [9.17, 15) is 5.11 Å². The van der Waals surface area contributed by atoms with Crippen LogP contribution in [0, 0.1) is 11.8 Å². The van der Waals surface area contributed by atoms with Gasteiger partial charge in [-0.05, 0) is 68.7 Å². The van der Waals surface area contributed by atoms with E-state index < -0.39 is 0 Å². The molecule has 2 aromatic carbocycles. The molecule has 0 aromatic heterocycles. The van der Waals surface area contributed by atoms with Crippen molar-refractivity contribution in [2.24, 2.45) is 11.8 Å². The summed E-state index contributed by atoms with van der Waals surface area (Å²) in [6.45, 7) is 3.18. The van der Waals surface area contributed by atoms with Gasteiger partial charge in [-0.2, -0.15) is 0 Å². The van der Waals surface area contributed by atoms with Gasteiger partial charge in [-0.1, -0.05) is 60.7 Å². The van der Waals surface area contributed by atoms with Crippen molar-refractivity contribution in [3.63, 3.8) is 0 Å². The second-order valence-corrected chi connectivity index (χ2v) is 8.67. The van der Waals surface area contributed by atoms with Crippen LogP contribution in [0.4, 0.5) is 0 Å². The van der Waals surface area contributed by atoms with Gasteiger partial charge in [0.25, 0.3) is 0 Å². The minimum atomic E-state index is 0.150. The molecule has 0 bridgehead atoms. The van der Waals surface area contributed by atoms with Crippen molar-refractivity contribution in [1.29, 1.82) is 0 Å². The average molecular weight is 423 g/mol. The van der Waals surface area contributed by atoms with Gasteiger partial charge in [0.2, 0.25) is 0 Å². The molecule has 0 aliphatic heterocycles. The zero-order chi connectivity index (χ0) is 21.7. The third kappa shape index (κ3) is 8.13. The number of para-hydroxylation sites is 1. The summed E-state index contributed by atoms with van der Waals surface area (Å²) in [7, 11) is 1.71. The molecule has 0 amide bonds. The van der Waals surface area contributed by atoms with Crippen LogP contribution in [-0.2, 0) is 6.42 Å². The van der Waals surface area contributed by atoms with E-state index in [-0.39, 0.29) is 12.6 Å². The number of hydrogen-bond acceptors (Lipinski definition) is 4. The highest BCUT2D eigenvalue weighted by atomic mass is 16.5. The fourth-order valence-corrected chi connectivity index (χ4v) is 4.43. The normalized spacial score (nSPS) is 20.1. The standard InChI is InChI=1S/C27H38N2O2/c1-31-27-12-6-5-10-25(27)11-7-17-28-19-23-13-15-24(16-14-23)20-29-26(21-30)18-22-8-3-2-4-9-22/h2-12,23-24,26,28-30H,13-21H2,1H3/b11-7-. The fraction of sp³-hybridized carbons (Fsp3) is 0.481. The van der Waals surface area contributed by atoms with Crippen molar-refractivity contribution >= 4 is 6.08 Å². The highest BCUT2D eigenvalue weighted by Crippen LogP contribution is 2.28. The molecule has 168 valence electrons. The Morgan fingerprint density at radius 2 is 1.65 bits per heavy atom. The largest absolute Gasteiger partial charge is 0.496 e. The van der Waals surface area contributed by atoms with Gasteiger partial charge in [-0.15, -0.1) is 0 Å². The Morgan fingerprint density at radius 3 is 2.35 bits per heavy atom. The molecule has 2 aromatic rings. The van der Waals surface area contributed by atoms with Gasteiger partial charge < -0.3 is 20.5 Å². The van der Waals surface area contributed by atoms with E-state index in [0.29, 0.717) is 0 Å². The van der Waals surface area contributed by atoms with E-state index in [1.54, 1.807) is 7.11 Å². The molecule has 4 nitrogen and oxygen atoms in total. The third-order valence-corrected chi connectivity index (χ3v) is 6.34. The lowest BCUT2D eigenvalue weighted by Gasteiger charge is -2.30. The van der Waals surface area contributed by atoms with Crippen LogP contribution in [0.15, 0.2) is 60.7 Å². The summed E-state index contributed by atoms with van der Waals surface area (Å²) in [6, 6.07) is 18.7. The van der Waals surface area contributed by atoms with Crippen molar-refractivity contribution in [3.8, 4) is 5.75 Å². The van der Waals surface area contributed by atoms with E-state index in [4.69, 9.17) is 4.74 Å². The molecule has 0 heterocycles. The van der Waals surface area contributed by atoms with E-state index in [1.165, 1.54) is 31.2 Å². The summed E-state index contributed by atoms with van der Waals surface area (Å²) < 4.78 is 5.39. The highest BCUT2D eigenvalue weighted by Gasteiger charge is 2.21. The molecule has 0 radical (unpaired) electrons. The van der Waals surface area contributed by atoms with Gasteiger partial charge in [-0.25, -0.2) is 0 Å². The second-order valence-electron chi connectivity index (χ2n) is 8.67. The lowest BCUT2D eigenvalue weighted by molar-refractivity contribution is 0.217. The average Bonchev–Trinajstić information content (AvgIpc) is 2.83. The Hall–Kier alpha value is -2.14. The maximum Gasteiger partial charge on any atom is 0.126 e. The van der Waals surface area contributed by atoms with E-state index in [2.05, 4.69) is 53.1 Å². The van der Waals surface area contributed by atoms with Gasteiger partial charge in [0.05, 0.1) is 13.7 Å². The number of rotatable bonds is 12. The van der Waals surface area contributed by atoms with Crippen LogP contribution in [0.3, 0.4) is 0 Å². The summed E-state index contributed by atoms with van der Waals surface area (Å²) >= 11 is 0. The smallest absolute Gasteiger partial charge is 0.126 e. The first kappa shape index (κ1) is 23.5. The van der Waals surface area contributed by atoms with Gasteiger partial charge in [0.15, 0.2) is 0 Å². The molecular weight excluding hydrogens is 384 g/mol. The molecule has 0 spiro atoms. The first-order valence-corrected chi connectivity index (χ1v) is 11.7. The van der Waals surface area contributed by atoms with E-state index in [0.717, 1.165) is 49.2 Å². The number of methoxy groups -OCH3 is 1. The molecule has 1 atom stereocenters. The Morgan fingerprint density at radius 1 is 0.968 bits per heavy atom. The molecule has 1 unspecified atom stereocenters. The Labute approximate surface area is 187 Å². The van der Waals surface area contributed by atoms with Crippen LogP contribution in [-0.4, -0.2) is 44.5 Å². The van der Waals surface area contributed by atoms with Gasteiger partial charge in [0.1, 0.15) is 5.75 Å². The van der Waals surface area contributed by atoms with Crippen LogP contribution in [0.25, 0.3) is 6.08 Å². The van der Waals surface area contributed by atoms with Crippen LogP contribution in [0.2, 0.25) is 0 Å². The number of aliphatic hydroxyl groups is 1. The lowest BCUT2D eigenvalue weighted by atomic mass is 9.82. The predicted molar refractivity (Wildman–Crippen MR) is 129 cm³/mol. The summed E-state index contributed by atoms with van der Waals surface area (Å²) in [5.41, 5.74) is 2.40. The predicted octanol–water partition coefficient (Wildman–Crippen LogP) is 4.30. The van der Waals surface area contributed by atoms with Crippen LogP contribution in [0.5, 0.6) is 5.75 Å². The summed E-state index contributed by atoms with van der Waals surface area (Å²) in [5, 5.41) is 16.9. The lowest BCUT2D eigenvalue weighted by Crippen LogP contribution is -2.39. The molecule has 31 heavy (non-hydrogen) atoms. The minimum absolute atomic E-state index is 0.150. The van der Waals surface area contributed by atoms with Gasteiger partial charge in [0, 0.05) is 18.2 Å². The van der Waals surface area contributed by atoms with Gasteiger partial charge >= 0.3 is 0 Å². The topological polar surface area (TPSA) is 53.5 Å². The maximum atomic E-state index is 9.72. The second kappa shape index (κ2) is 13.3. The number of aliphatic hydroxyl groups excluding tert-OH is 1. The van der Waals surface area contributed by atoms with Crippen molar-refractivity contribution < 1.29 is 9.84 Å². The first-order chi connectivity index (χ1) is 15.3. The SMILES string of the molecule is COc1ccccc1/C=C\CNCC1CCC(CNC(CO)Cc2ccccc2)CC1. The zero-order valence-electron chi connectivity index (χ0n) is 18.8. The number of ether oxygens (including phenoxy) is 1. The quantitative estimate of drug-likeness (QED) is 0.447. The third-order valence-electron chi connectivity index (χ3n) is 6.34. The Balaban J connectivity index is 1.29. The minimum Gasteiger partial charge on any atom is -0.496 e. The van der Waals surface area contributed by atoms with Crippen molar-refractivity contribution in [2.45, 2.75) is 38.1 Å². The molecule has 0 saturated heterocycles. The molecule has 3 rings (SSSR count). The van der Waals surface area contributed by atoms with Gasteiger partial charge in [-0.3, -0.25) is 0 Å². The van der Waals surface area contributed by atoms with Crippen molar-refractivity contribution in [2.75, 3.05) is 33.4 Å². The molecule has 1 saturated carbocycles. The molecule has 4 heteroatoms. The summed E-state index contributed by atoms with van der Waals surface area (Å²) in [5.74, 6) is 2.42. The number of nitrogens with one attached hydrogen (secondary N) is 2. The van der Waals surface area contributed by atoms with Crippen LogP contribution < -0.4 is 15.4 Å². The highest BCUT2D eigenvalue weighted by molar-refractivity contribution is 5.57. The maximum absolute atomic E-state index is 9.72. The summed E-state index contributed by atoms with van der Waals surface area (Å²) in [4.78, 5) is 0. The number of hydrogen-bond donors (Lipinski definition) is 3. The Bertz CT molecular complexity index is 770. The zero-order valence-corrected chi connectivity index (χ0v) is 18.8. The van der Waals surface area contributed by atoms with Crippen molar-refractivity contribution in [3.05, 3.63) is 71.8 Å². The monoisotopic (exact) mass is 422 g/mol. The van der Waals surface area contributed by atoms with E-state index in [1.807, 2.05) is 24.3 Å². The van der Waals surface area contributed by atoms with E-state index >= 15 is 0 Å². The number of benzene rings is 2. The molecule has 1 aliphatic rings. The Kier molecular flexibility index (Phi) is 10.1. The molecule has 1 fully saturated rings. The van der Waals surface area contributed by atoms with Crippen LogP contribution >= 0.6 is 0 Å². The van der Waals surface area contributed by atoms with Crippen molar-refractivity contribution in [1.82, 2.24) is 10.6 Å². The molecule has 1 aliphatic carbocycles.